The Morgan fingerprint density at radius 2 is 2.16 bits per heavy atom. The monoisotopic (exact) mass is 341 g/mol. The van der Waals surface area contributed by atoms with Crippen LogP contribution in [0.4, 0.5) is 5.82 Å². The Hall–Kier alpha value is -3.21. The average molecular weight is 341 g/mol. The van der Waals surface area contributed by atoms with Crippen molar-refractivity contribution in [3.8, 4) is 17.6 Å². The first-order valence-corrected chi connectivity index (χ1v) is 8.09. The maximum Gasteiger partial charge on any atom is 0.251 e. The van der Waals surface area contributed by atoms with Gasteiger partial charge in [0, 0.05) is 12.1 Å². The number of nitrogens with one attached hydrogen (secondary N) is 2. The molecule has 0 bridgehead atoms. The van der Waals surface area contributed by atoms with Gasteiger partial charge in [-0.3, -0.25) is 9.89 Å². The summed E-state index contributed by atoms with van der Waals surface area (Å²) >= 11 is 0. The van der Waals surface area contributed by atoms with Gasteiger partial charge in [0.1, 0.15) is 11.6 Å². The number of benzene rings is 1. The Bertz CT molecular complexity index is 809. The minimum absolute atomic E-state index is 0.133. The summed E-state index contributed by atoms with van der Waals surface area (Å²) in [5, 5.41) is 18.5. The van der Waals surface area contributed by atoms with Crippen molar-refractivity contribution >= 4 is 11.7 Å². The molecule has 4 N–H and O–H groups in total. The first kappa shape index (κ1) is 16.6. The molecule has 0 saturated heterocycles. The second-order valence-corrected chi connectivity index (χ2v) is 5.71. The molecule has 25 heavy (non-hydrogen) atoms. The number of rotatable bonds is 7. The van der Waals surface area contributed by atoms with E-state index >= 15 is 0 Å². The van der Waals surface area contributed by atoms with Crippen LogP contribution >= 0.6 is 0 Å². The maximum atomic E-state index is 12.1. The minimum Gasteiger partial charge on any atom is -0.454 e. The normalized spacial score (nSPS) is 12.0. The van der Waals surface area contributed by atoms with E-state index in [1.165, 1.54) is 0 Å². The fraction of sp³-hybridized carbons (Fsp3) is 0.353. The number of aryl methyl sites for hydroxylation is 1. The number of hydrogen-bond acceptors (Lipinski definition) is 6. The second kappa shape index (κ2) is 7.57. The third-order valence-corrected chi connectivity index (χ3v) is 4.00. The predicted molar refractivity (Wildman–Crippen MR) is 90.2 cm³/mol. The Labute approximate surface area is 144 Å². The van der Waals surface area contributed by atoms with Crippen LogP contribution in [0.1, 0.15) is 40.9 Å². The van der Waals surface area contributed by atoms with Crippen LogP contribution in [0.2, 0.25) is 0 Å². The van der Waals surface area contributed by atoms with Crippen molar-refractivity contribution in [1.29, 1.82) is 5.26 Å². The van der Waals surface area contributed by atoms with E-state index in [9.17, 15) is 4.79 Å². The lowest BCUT2D eigenvalue weighted by molar-refractivity contribution is 0.0952. The molecule has 1 aliphatic heterocycles. The summed E-state index contributed by atoms with van der Waals surface area (Å²) < 4.78 is 10.5. The van der Waals surface area contributed by atoms with E-state index in [0.717, 1.165) is 25.0 Å². The number of unbranched alkanes of at least 4 members (excludes halogenated alkanes) is 2. The summed E-state index contributed by atoms with van der Waals surface area (Å²) in [6.07, 6.45) is 3.37. The number of nitrogens with two attached hydrogens (primary N) is 1. The second-order valence-electron chi connectivity index (χ2n) is 5.71. The molecule has 2 aromatic rings. The third kappa shape index (κ3) is 3.83. The van der Waals surface area contributed by atoms with Crippen molar-refractivity contribution in [1.82, 2.24) is 15.5 Å². The number of fused-ring (bicyclic) bond motifs is 1. The highest BCUT2D eigenvalue weighted by molar-refractivity contribution is 5.94. The topological polar surface area (TPSA) is 126 Å². The first-order valence-electron chi connectivity index (χ1n) is 8.09. The minimum atomic E-state index is -0.133. The summed E-state index contributed by atoms with van der Waals surface area (Å²) in [4.78, 5) is 12.1. The number of amides is 1. The number of carbonyl (C=O) groups excluding carboxylic acids is 1. The SMILES string of the molecule is N#Cc1c(N)n[nH]c1CCCCCNC(=O)c1ccc2c(c1)OCO2. The quantitative estimate of drug-likeness (QED) is 0.658. The van der Waals surface area contributed by atoms with Gasteiger partial charge in [-0.25, -0.2) is 0 Å². The van der Waals surface area contributed by atoms with Gasteiger partial charge in [-0.2, -0.15) is 10.4 Å². The van der Waals surface area contributed by atoms with Crippen LogP contribution in [0, 0.1) is 11.3 Å². The third-order valence-electron chi connectivity index (χ3n) is 4.00. The molecule has 0 unspecified atom stereocenters. The summed E-state index contributed by atoms with van der Waals surface area (Å²) in [5.41, 5.74) is 7.34. The summed E-state index contributed by atoms with van der Waals surface area (Å²) in [6, 6.07) is 7.19. The van der Waals surface area contributed by atoms with Crippen LogP contribution in [0.3, 0.4) is 0 Å². The molecule has 1 amide bonds. The van der Waals surface area contributed by atoms with Crippen molar-refractivity contribution in [2.24, 2.45) is 0 Å². The molecular formula is C17H19N5O3. The smallest absolute Gasteiger partial charge is 0.251 e. The van der Waals surface area contributed by atoms with Crippen molar-refractivity contribution in [2.75, 3.05) is 19.1 Å². The number of aromatic nitrogens is 2. The predicted octanol–water partition coefficient (Wildman–Crippen LogP) is 1.74. The van der Waals surface area contributed by atoms with Crippen molar-refractivity contribution < 1.29 is 14.3 Å². The van der Waals surface area contributed by atoms with Crippen LogP contribution in [-0.4, -0.2) is 29.4 Å². The molecule has 1 aromatic heterocycles. The molecule has 1 aromatic carbocycles. The van der Waals surface area contributed by atoms with Crippen LogP contribution in [0.5, 0.6) is 11.5 Å². The van der Waals surface area contributed by atoms with Gasteiger partial charge in [0.05, 0.1) is 5.69 Å². The molecule has 1 aliphatic rings. The van der Waals surface area contributed by atoms with Gasteiger partial charge in [0.25, 0.3) is 5.91 Å². The Morgan fingerprint density at radius 1 is 1.32 bits per heavy atom. The van der Waals surface area contributed by atoms with Gasteiger partial charge in [-0.05, 0) is 37.5 Å². The molecule has 3 rings (SSSR count). The van der Waals surface area contributed by atoms with E-state index in [1.54, 1.807) is 18.2 Å². The van der Waals surface area contributed by atoms with Gasteiger partial charge >= 0.3 is 0 Å². The average Bonchev–Trinajstić information content (AvgIpc) is 3.23. The van der Waals surface area contributed by atoms with E-state index in [1.807, 2.05) is 0 Å². The molecule has 0 saturated carbocycles. The molecular weight excluding hydrogens is 322 g/mol. The number of ether oxygens (including phenoxy) is 2. The number of nitriles is 1. The van der Waals surface area contributed by atoms with Gasteiger partial charge in [0.15, 0.2) is 17.3 Å². The van der Waals surface area contributed by atoms with Crippen LogP contribution in [-0.2, 0) is 6.42 Å². The highest BCUT2D eigenvalue weighted by Crippen LogP contribution is 2.32. The zero-order valence-corrected chi connectivity index (χ0v) is 13.7. The molecule has 0 atom stereocenters. The largest absolute Gasteiger partial charge is 0.454 e. The Morgan fingerprint density at radius 3 is 3.00 bits per heavy atom. The number of nitrogens with zero attached hydrogens (tertiary/aromatic N) is 2. The van der Waals surface area contributed by atoms with Crippen molar-refractivity contribution in [2.45, 2.75) is 25.7 Å². The van der Waals surface area contributed by atoms with Gasteiger partial charge in [0.2, 0.25) is 6.79 Å². The fourth-order valence-electron chi connectivity index (χ4n) is 2.65. The Kier molecular flexibility index (Phi) is 5.04. The highest BCUT2D eigenvalue weighted by atomic mass is 16.7. The van der Waals surface area contributed by atoms with Crippen molar-refractivity contribution in [3.05, 3.63) is 35.0 Å². The number of H-pyrrole nitrogens is 1. The number of nitrogen functional groups attached to an aromatic ring is 1. The van der Waals surface area contributed by atoms with E-state index in [0.29, 0.717) is 35.6 Å². The molecule has 0 spiro atoms. The molecule has 130 valence electrons. The number of carbonyl (C=O) groups is 1. The first-order chi connectivity index (χ1) is 12.2. The maximum absolute atomic E-state index is 12.1. The Balaban J connectivity index is 1.37. The van der Waals surface area contributed by atoms with E-state index in [2.05, 4.69) is 21.6 Å². The van der Waals surface area contributed by atoms with Gasteiger partial charge in [-0.1, -0.05) is 6.42 Å². The molecule has 8 nitrogen and oxygen atoms in total. The van der Waals surface area contributed by atoms with E-state index in [-0.39, 0.29) is 18.5 Å². The zero-order chi connectivity index (χ0) is 17.6. The van der Waals surface area contributed by atoms with Crippen LogP contribution in [0.25, 0.3) is 0 Å². The number of anilines is 1. The summed E-state index contributed by atoms with van der Waals surface area (Å²) in [5.74, 6) is 1.37. The molecule has 8 heteroatoms. The van der Waals surface area contributed by atoms with Crippen molar-refractivity contribution in [3.63, 3.8) is 0 Å². The lowest BCUT2D eigenvalue weighted by atomic mass is 10.1. The fourth-order valence-corrected chi connectivity index (χ4v) is 2.65. The van der Waals surface area contributed by atoms with E-state index in [4.69, 9.17) is 20.5 Å². The zero-order valence-electron chi connectivity index (χ0n) is 13.7. The van der Waals surface area contributed by atoms with Gasteiger partial charge in [-0.15, -0.1) is 0 Å². The van der Waals surface area contributed by atoms with Crippen LogP contribution in [0.15, 0.2) is 18.2 Å². The van der Waals surface area contributed by atoms with E-state index < -0.39 is 0 Å². The van der Waals surface area contributed by atoms with Gasteiger partial charge < -0.3 is 20.5 Å². The summed E-state index contributed by atoms with van der Waals surface area (Å²) in [7, 11) is 0. The standard InChI is InChI=1S/C17H19N5O3/c18-9-12-13(21-22-16(12)19)4-2-1-3-7-20-17(23)11-5-6-14-15(8-11)25-10-24-14/h5-6,8H,1-4,7,10H2,(H,20,23)(H3,19,21,22). The molecule has 0 radical (unpaired) electrons. The van der Waals surface area contributed by atoms with Crippen LogP contribution < -0.4 is 20.5 Å². The molecule has 0 aliphatic carbocycles. The molecule has 2 heterocycles. The number of hydrogen-bond donors (Lipinski definition) is 3. The molecule has 0 fully saturated rings. The number of aromatic amines is 1. The summed E-state index contributed by atoms with van der Waals surface area (Å²) in [6.45, 7) is 0.777. The lowest BCUT2D eigenvalue weighted by Crippen LogP contribution is -2.24. The highest BCUT2D eigenvalue weighted by Gasteiger charge is 2.16. The lowest BCUT2D eigenvalue weighted by Gasteiger charge is -2.06.